The van der Waals surface area contributed by atoms with E-state index in [4.69, 9.17) is 21.7 Å². The number of likely N-dealkylation sites (N-methyl/N-ethyl adjacent to an activating group) is 5. The quantitative estimate of drug-likeness (QED) is 0.0970. The fourth-order valence-electron chi connectivity index (χ4n) is 6.58. The van der Waals surface area contributed by atoms with Crippen LogP contribution >= 0.6 is 27.0 Å². The van der Waals surface area contributed by atoms with Crippen molar-refractivity contribution in [1.29, 1.82) is 0 Å². The molecule has 0 spiro atoms. The molecule has 4 saturated heterocycles. The highest BCUT2D eigenvalue weighted by molar-refractivity contribution is 7.91. The van der Waals surface area contributed by atoms with E-state index in [0.29, 0.717) is 38.0 Å². The number of carboxylic acid groups (broad SMARTS) is 1. The van der Waals surface area contributed by atoms with Crippen LogP contribution in [0.15, 0.2) is 18.3 Å². The van der Waals surface area contributed by atoms with Crippen LogP contribution in [-0.4, -0.2) is 253 Å². The number of carbonyl (C=O) groups is 2. The van der Waals surface area contributed by atoms with Crippen molar-refractivity contribution < 1.29 is 40.8 Å². The van der Waals surface area contributed by atoms with E-state index in [1.807, 2.05) is 76.1 Å². The number of likely N-dealkylation sites (tertiary alicyclic amines) is 2. The number of primary amides is 1. The maximum Gasteiger partial charge on any atom is 0.320 e. The first kappa shape index (κ1) is 75.5. The number of aromatic nitrogens is 4. The summed E-state index contributed by atoms with van der Waals surface area (Å²) in [6, 6.07) is 4.56. The average Bonchev–Trinajstić information content (AvgIpc) is 3.89. The summed E-state index contributed by atoms with van der Waals surface area (Å²) in [5.74, 6) is 4.04. The van der Waals surface area contributed by atoms with Crippen LogP contribution in [0.3, 0.4) is 0 Å². The van der Waals surface area contributed by atoms with Crippen molar-refractivity contribution in [2.45, 2.75) is 75.4 Å². The second-order valence-corrected chi connectivity index (χ2v) is 23.4. The minimum absolute atomic E-state index is 0. The molecule has 2 aromatic rings. The smallest absolute Gasteiger partial charge is 0.320 e. The van der Waals surface area contributed by atoms with Gasteiger partial charge in [-0.3, -0.25) is 43.2 Å². The highest BCUT2D eigenvalue weighted by atomic mass is 32.2. The van der Waals surface area contributed by atoms with Crippen LogP contribution in [0.5, 0.6) is 0 Å². The van der Waals surface area contributed by atoms with Crippen LogP contribution in [0.2, 0.25) is 0 Å². The number of carboxylic acids is 1. The van der Waals surface area contributed by atoms with Crippen molar-refractivity contribution >= 4 is 81.2 Å². The predicted molar refractivity (Wildman–Crippen MR) is 312 cm³/mol. The number of sulfonamides is 1. The van der Waals surface area contributed by atoms with E-state index < -0.39 is 36.6 Å². The molecule has 438 valence electrons. The van der Waals surface area contributed by atoms with Gasteiger partial charge < -0.3 is 48.3 Å². The van der Waals surface area contributed by atoms with Gasteiger partial charge >= 0.3 is 5.97 Å². The van der Waals surface area contributed by atoms with Crippen molar-refractivity contribution in [2.75, 3.05) is 169 Å². The van der Waals surface area contributed by atoms with Crippen LogP contribution in [0, 0.1) is 0 Å². The van der Waals surface area contributed by atoms with Gasteiger partial charge in [-0.1, -0.05) is 0 Å². The summed E-state index contributed by atoms with van der Waals surface area (Å²) in [4.78, 5) is 28.7. The lowest BCUT2D eigenvalue weighted by Gasteiger charge is -2.14. The number of amides is 1. The topological polar surface area (TPSA) is 344 Å². The zero-order valence-electron chi connectivity index (χ0n) is 45.9. The first-order chi connectivity index (χ1) is 34.0. The molecule has 6 fully saturated rings. The summed E-state index contributed by atoms with van der Waals surface area (Å²) < 4.78 is 56.8. The number of nitrogens with two attached hydrogens (primary N) is 2. The summed E-state index contributed by atoms with van der Waals surface area (Å²) >= 11 is 0. The molecule has 4 aliphatic heterocycles. The van der Waals surface area contributed by atoms with E-state index in [9.17, 15) is 30.6 Å². The van der Waals surface area contributed by atoms with Crippen LogP contribution < -0.4 is 42.8 Å². The lowest BCUT2D eigenvalue weighted by Crippen LogP contribution is -2.37. The lowest BCUT2D eigenvalue weighted by atomic mass is 10.2. The Morgan fingerprint density at radius 2 is 1.39 bits per heavy atom. The summed E-state index contributed by atoms with van der Waals surface area (Å²) in [6.07, 6.45) is 12.3. The molecule has 1 unspecified atom stereocenters. The number of hydrogen-bond donors (Lipinski definition) is 11. The first-order valence-electron chi connectivity index (χ1n) is 24.5. The molecule has 6 aliphatic rings. The van der Waals surface area contributed by atoms with Gasteiger partial charge in [0.15, 0.2) is 9.84 Å². The molecule has 0 aromatic carbocycles. The first-order valence-corrected chi connectivity index (χ1v) is 29.7. The van der Waals surface area contributed by atoms with Crippen LogP contribution in [0.4, 0.5) is 11.6 Å². The van der Waals surface area contributed by atoms with Gasteiger partial charge in [0.05, 0.1) is 36.6 Å². The van der Waals surface area contributed by atoms with Gasteiger partial charge in [0.2, 0.25) is 15.9 Å². The Bertz CT molecular complexity index is 1890. The van der Waals surface area contributed by atoms with Gasteiger partial charge in [-0.25, -0.2) is 21.6 Å². The molecule has 13 N–H and O–H groups in total. The number of aliphatic hydroxyl groups is 1. The molecule has 0 bridgehead atoms. The van der Waals surface area contributed by atoms with Gasteiger partial charge in [0, 0.05) is 106 Å². The van der Waals surface area contributed by atoms with Crippen molar-refractivity contribution in [3.05, 3.63) is 24.0 Å². The van der Waals surface area contributed by atoms with E-state index in [-0.39, 0.29) is 57.5 Å². The predicted octanol–water partition coefficient (Wildman–Crippen LogP) is -1.40. The standard InChI is InChI=1S/2C7H11N3.C6H12N2O.C6H11NO2.C4H12N2O2S.C4H9NO2S.C4H9NOS.C3H10N2.C3H9NO.2H2S/c1-8-7-4-5-10(9-7)6-2-3-6;1-8-7-4-6(9-10-7)5-2-3-5;1-8-4-2-3-5(8)6(7)9;1-7-4-2-3-5(7)6(8)9;1-5-3-4-6-9(2,7)8;1-5-2-3-8(6,7)4-5;1-5-2-3-7(6)4-5;1-5-3-2-4;1-4-2-3-5;;/h4-6H,2-3H2,1H3,(H,8,9);4-5H,2-3H2,1H3,(H2,8,9,10);5H,2-4H2,1H3,(H2,7,9);5H,2-4H2,1H3,(H,8,9);5-6H,3-4H2,1-2H3;2-4H2,1H3;2-4H2,1H3;5H,2-4H2,1H3;4-5H,2-3H2,1H3;2*1H2/t;;2*5-;;;;;;;/m..00......./s1. The number of nitrogens with one attached hydrogen (secondary N) is 7. The van der Waals surface area contributed by atoms with Gasteiger partial charge in [-0.05, 0) is 114 Å². The third kappa shape index (κ3) is 38.8. The Balaban J connectivity index is -0.000000771. The Labute approximate surface area is 459 Å². The van der Waals surface area contributed by atoms with E-state index in [0.717, 1.165) is 93.8 Å². The second kappa shape index (κ2) is 43.3. The molecule has 1 amide bonds. The third-order valence-electron chi connectivity index (χ3n) is 11.1. The number of aliphatic hydroxyl groups excluding tert-OH is 1. The molecule has 3 atom stereocenters. The highest BCUT2D eigenvalue weighted by Gasteiger charge is 2.28. The largest absolute Gasteiger partial charge is 0.480 e. The summed E-state index contributed by atoms with van der Waals surface area (Å²) in [6.45, 7) is 7.33. The molecule has 0 radical (unpaired) electrons. The number of rotatable bonds is 14. The number of H-pyrrole nitrogens is 1. The Morgan fingerprint density at radius 1 is 0.824 bits per heavy atom. The molecule has 25 nitrogen and oxygen atoms in total. The SMILES string of the molecule is CN1CCC[C@H]1C(=O)O.CN1CCC[C@H]1C(N)=O.CN1CCS(=O)(=O)C1.CN1CCS(=O)C1.CNCCN.CNCCNS(C)(=O)=O.CNCCO.CNc1cc(C2CC2)[nH]n1.CNc1ccn(C2CC2)n1.S.S. The van der Waals surface area contributed by atoms with Crippen molar-refractivity contribution in [2.24, 2.45) is 11.5 Å². The number of anilines is 2. The number of aliphatic carboxylic acids is 1. The molecule has 2 saturated carbocycles. The fraction of sp³-hybridized carbons (Fsp3) is 0.818. The Morgan fingerprint density at radius 3 is 1.64 bits per heavy atom. The third-order valence-corrected chi connectivity index (χ3v) is 14.8. The van der Waals surface area contributed by atoms with Crippen molar-refractivity contribution in [3.8, 4) is 0 Å². The molecular formula is C44H98N16O9S5. The number of sulfone groups is 1. The minimum Gasteiger partial charge on any atom is -0.480 e. The van der Waals surface area contributed by atoms with Crippen LogP contribution in [0.1, 0.15) is 69.0 Å². The van der Waals surface area contributed by atoms with Crippen molar-refractivity contribution in [1.82, 2.24) is 60.2 Å². The number of nitrogens with zero attached hydrogens (tertiary/aromatic N) is 7. The average molecular weight is 1160 g/mol. The van der Waals surface area contributed by atoms with E-state index >= 15 is 0 Å². The van der Waals surface area contributed by atoms with E-state index in [1.54, 1.807) is 19.0 Å². The molecule has 2 aromatic heterocycles. The fourth-order valence-corrected chi connectivity index (χ4v) is 9.84. The minimum atomic E-state index is -2.99. The zero-order chi connectivity index (χ0) is 54.7. The van der Waals surface area contributed by atoms with E-state index in [1.165, 1.54) is 31.4 Å². The maximum absolute atomic E-state index is 10.6. The van der Waals surface area contributed by atoms with E-state index in [2.05, 4.69) is 57.6 Å². The zero-order valence-corrected chi connectivity index (χ0v) is 50.3. The number of carbonyl (C=O) groups excluding carboxylic acids is 1. The molecule has 8 rings (SSSR count). The Hall–Kier alpha value is -2.69. The summed E-state index contributed by atoms with van der Waals surface area (Å²) in [7, 11) is 10.6. The molecule has 30 heteroatoms. The molecular weight excluding hydrogens is 1060 g/mol. The van der Waals surface area contributed by atoms with Gasteiger partial charge in [0.1, 0.15) is 23.6 Å². The van der Waals surface area contributed by atoms with Gasteiger partial charge in [0.25, 0.3) is 0 Å². The molecule has 74 heavy (non-hydrogen) atoms. The second-order valence-electron chi connectivity index (χ2n) is 17.9. The monoisotopic (exact) mass is 1150 g/mol. The lowest BCUT2D eigenvalue weighted by molar-refractivity contribution is -0.141. The maximum atomic E-state index is 10.6. The normalized spacial score (nSPS) is 20.6. The van der Waals surface area contributed by atoms with Crippen LogP contribution in [0.25, 0.3) is 0 Å². The molecule has 6 heterocycles. The van der Waals surface area contributed by atoms with Gasteiger partial charge in [-0.2, -0.15) is 37.2 Å². The van der Waals surface area contributed by atoms with Crippen LogP contribution in [-0.2, 0) is 40.2 Å². The summed E-state index contributed by atoms with van der Waals surface area (Å²) in [5.41, 5.74) is 11.5. The molecule has 2 aliphatic carbocycles. The van der Waals surface area contributed by atoms with Crippen molar-refractivity contribution in [3.63, 3.8) is 0 Å². The number of hydrogen-bond acceptors (Lipinski definition) is 20. The highest BCUT2D eigenvalue weighted by Crippen LogP contribution is 2.39. The summed E-state index contributed by atoms with van der Waals surface area (Å²) in [5, 5.41) is 42.4. The van der Waals surface area contributed by atoms with Gasteiger partial charge in [-0.15, -0.1) is 0 Å². The Kier molecular flexibility index (Phi) is 44.2. The number of aromatic amines is 1.